The Hall–Kier alpha value is -3.86. The molecule has 0 amide bonds. The maximum Gasteiger partial charge on any atom is 0.433 e. The van der Waals surface area contributed by atoms with Gasteiger partial charge in [0, 0.05) is 29.6 Å². The van der Waals surface area contributed by atoms with Crippen LogP contribution in [0.25, 0.3) is 17.8 Å². The van der Waals surface area contributed by atoms with Gasteiger partial charge in [-0.1, -0.05) is 67.6 Å². The molecule has 0 saturated heterocycles. The normalized spacial score (nSPS) is 19.6. The van der Waals surface area contributed by atoms with Crippen molar-refractivity contribution in [1.29, 1.82) is 0 Å². The van der Waals surface area contributed by atoms with E-state index in [0.29, 0.717) is 12.3 Å². The van der Waals surface area contributed by atoms with Crippen LogP contribution in [0, 0.1) is 16.4 Å². The number of aryl methyl sites for hydroxylation is 1. The van der Waals surface area contributed by atoms with Crippen molar-refractivity contribution >= 4 is 17.8 Å². The average molecular weight is 511 g/mol. The van der Waals surface area contributed by atoms with Gasteiger partial charge in [-0.3, -0.25) is 4.98 Å². The fraction of sp³-hybridized carbons (Fsp3) is 0.242. The van der Waals surface area contributed by atoms with Gasteiger partial charge in [0.05, 0.1) is 0 Å². The van der Waals surface area contributed by atoms with E-state index in [0.717, 1.165) is 42.2 Å². The van der Waals surface area contributed by atoms with Crippen molar-refractivity contribution < 1.29 is 13.2 Å². The number of allylic oxidation sites excluding steroid dienone is 4. The lowest BCUT2D eigenvalue weighted by molar-refractivity contribution is -0.141. The van der Waals surface area contributed by atoms with Gasteiger partial charge in [-0.05, 0) is 87.4 Å². The highest BCUT2D eigenvalue weighted by molar-refractivity contribution is 5.69. The number of halogens is 3. The summed E-state index contributed by atoms with van der Waals surface area (Å²) in [6.45, 7) is 2.27. The monoisotopic (exact) mass is 510 g/mol. The molecule has 2 nitrogen and oxygen atoms in total. The molecule has 0 fully saturated rings. The van der Waals surface area contributed by atoms with E-state index in [4.69, 9.17) is 0 Å². The van der Waals surface area contributed by atoms with Crippen LogP contribution in [0.5, 0.6) is 0 Å². The molecule has 5 heteroatoms. The number of aromatic nitrogens is 1. The van der Waals surface area contributed by atoms with E-state index >= 15 is 0 Å². The summed E-state index contributed by atoms with van der Waals surface area (Å²) in [7, 11) is 0. The van der Waals surface area contributed by atoms with Crippen LogP contribution in [0.2, 0.25) is 0 Å². The molecule has 2 heterocycles. The van der Waals surface area contributed by atoms with E-state index in [1.807, 2.05) is 24.4 Å². The third-order valence-corrected chi connectivity index (χ3v) is 7.81. The van der Waals surface area contributed by atoms with Crippen LogP contribution < -0.4 is 15.8 Å². The fourth-order valence-electron chi connectivity index (χ4n) is 5.95. The van der Waals surface area contributed by atoms with Gasteiger partial charge < -0.3 is 5.32 Å². The molecule has 38 heavy (non-hydrogen) atoms. The number of pyridine rings is 1. The standard InChI is InChI=1S/C33H29F3N2/c1-21-9-14-25-23(18-21)13-15-28-26-6-5-7-27(30-8-3-2-4-17-37-30)29(26)19-24(32(25)28)12-10-22-11-16-31(38-20-22)33(34,35)36/h2-8,11,13,15-21,24,37H,9-10,12,14H2,1H3. The molecule has 3 aromatic rings. The number of hydrogen-bond donors (Lipinski definition) is 1. The van der Waals surface area contributed by atoms with E-state index in [-0.39, 0.29) is 5.92 Å². The van der Waals surface area contributed by atoms with Crippen molar-refractivity contribution in [2.24, 2.45) is 5.92 Å². The Morgan fingerprint density at radius 2 is 1.87 bits per heavy atom. The Bertz CT molecular complexity index is 1690. The van der Waals surface area contributed by atoms with E-state index < -0.39 is 11.9 Å². The van der Waals surface area contributed by atoms with Crippen LogP contribution in [0.3, 0.4) is 0 Å². The second-order valence-electron chi connectivity index (χ2n) is 10.4. The van der Waals surface area contributed by atoms with E-state index in [1.165, 1.54) is 38.2 Å². The predicted octanol–water partition coefficient (Wildman–Crippen LogP) is 6.27. The first-order chi connectivity index (χ1) is 18.4. The molecule has 0 spiro atoms. The van der Waals surface area contributed by atoms with Crippen LogP contribution >= 0.6 is 0 Å². The minimum atomic E-state index is -4.42. The molecule has 1 N–H and O–H groups in total. The largest absolute Gasteiger partial charge is 0.433 e. The summed E-state index contributed by atoms with van der Waals surface area (Å²) >= 11 is 0. The molecule has 0 radical (unpaired) electrons. The predicted molar refractivity (Wildman–Crippen MR) is 146 cm³/mol. The Morgan fingerprint density at radius 3 is 2.68 bits per heavy atom. The van der Waals surface area contributed by atoms with Crippen molar-refractivity contribution in [1.82, 2.24) is 10.3 Å². The lowest BCUT2D eigenvalue weighted by atomic mass is 9.79. The molecule has 2 aliphatic carbocycles. The molecule has 192 valence electrons. The second-order valence-corrected chi connectivity index (χ2v) is 10.4. The Balaban J connectivity index is 1.49. The van der Waals surface area contributed by atoms with Gasteiger partial charge in [0.25, 0.3) is 0 Å². The number of nitrogens with zero attached hydrogens (tertiary/aromatic N) is 1. The first-order valence-electron chi connectivity index (χ1n) is 13.2. The molecule has 2 aromatic carbocycles. The van der Waals surface area contributed by atoms with Gasteiger partial charge in [-0.15, -0.1) is 0 Å². The molecule has 2 atom stereocenters. The zero-order valence-electron chi connectivity index (χ0n) is 21.2. The van der Waals surface area contributed by atoms with Crippen LogP contribution in [0.4, 0.5) is 13.2 Å². The molecule has 6 rings (SSSR count). The highest BCUT2D eigenvalue weighted by Gasteiger charge is 2.32. The number of fused-ring (bicyclic) bond motifs is 4. The summed E-state index contributed by atoms with van der Waals surface area (Å²) in [6.07, 6.45) is 15.4. The molecular formula is C33H29F3N2. The van der Waals surface area contributed by atoms with Crippen LogP contribution in [-0.4, -0.2) is 4.98 Å². The molecule has 0 bridgehead atoms. The lowest BCUT2D eigenvalue weighted by Crippen LogP contribution is -2.26. The van der Waals surface area contributed by atoms with Crippen molar-refractivity contribution in [3.63, 3.8) is 0 Å². The molecular weight excluding hydrogens is 481 g/mol. The highest BCUT2D eigenvalue weighted by atomic mass is 19.4. The van der Waals surface area contributed by atoms with Crippen LogP contribution in [0.15, 0.2) is 79.2 Å². The molecule has 0 saturated carbocycles. The summed E-state index contributed by atoms with van der Waals surface area (Å²) in [5, 5.41) is 8.42. The zero-order chi connectivity index (χ0) is 26.3. The number of rotatable bonds is 4. The maximum absolute atomic E-state index is 13.0. The molecule has 1 aliphatic heterocycles. The minimum absolute atomic E-state index is 0.148. The van der Waals surface area contributed by atoms with Crippen molar-refractivity contribution in [3.05, 3.63) is 128 Å². The highest BCUT2D eigenvalue weighted by Crippen LogP contribution is 2.32. The topological polar surface area (TPSA) is 24.9 Å². The summed E-state index contributed by atoms with van der Waals surface area (Å²) in [5.41, 5.74) is 4.94. The lowest BCUT2D eigenvalue weighted by Gasteiger charge is -2.26. The third-order valence-electron chi connectivity index (χ3n) is 7.81. The van der Waals surface area contributed by atoms with Gasteiger partial charge in [0.2, 0.25) is 0 Å². The molecule has 2 unspecified atom stereocenters. The average Bonchev–Trinajstić information content (AvgIpc) is 3.20. The van der Waals surface area contributed by atoms with Crippen LogP contribution in [-0.2, 0) is 19.0 Å². The number of nitrogens with one attached hydrogen (secondary N) is 1. The minimum Gasteiger partial charge on any atom is -0.361 e. The first kappa shape index (κ1) is 24.5. The fourth-order valence-corrected chi connectivity index (χ4v) is 5.95. The van der Waals surface area contributed by atoms with Gasteiger partial charge >= 0.3 is 6.18 Å². The van der Waals surface area contributed by atoms with E-state index in [1.54, 1.807) is 6.07 Å². The van der Waals surface area contributed by atoms with Crippen molar-refractivity contribution in [2.45, 2.75) is 44.7 Å². The summed E-state index contributed by atoms with van der Waals surface area (Å²) in [5.74, 6) is 0.702. The molecule has 1 aromatic heterocycles. The Kier molecular flexibility index (Phi) is 6.30. The van der Waals surface area contributed by atoms with Crippen LogP contribution in [0.1, 0.15) is 53.6 Å². The summed E-state index contributed by atoms with van der Waals surface area (Å²) < 4.78 is 39.1. The third kappa shape index (κ3) is 4.62. The van der Waals surface area contributed by atoms with Gasteiger partial charge in [0.15, 0.2) is 0 Å². The van der Waals surface area contributed by atoms with E-state index in [2.05, 4.69) is 65.8 Å². The Labute approximate surface area is 219 Å². The Morgan fingerprint density at radius 1 is 0.974 bits per heavy atom. The maximum atomic E-state index is 13.0. The summed E-state index contributed by atoms with van der Waals surface area (Å²) in [6, 6.07) is 13.6. The second kappa shape index (κ2) is 9.79. The van der Waals surface area contributed by atoms with Gasteiger partial charge in [0.1, 0.15) is 5.69 Å². The number of alkyl halides is 3. The SMILES string of the molecule is CC1C=c2ccc3c(c2CC1)C(CCc1ccc(C(F)(F)F)nc1)C=c1c(C2=CC=CC=CN2)cccc1=3. The van der Waals surface area contributed by atoms with Gasteiger partial charge in [-0.25, -0.2) is 0 Å². The number of hydrogen-bond acceptors (Lipinski definition) is 2. The zero-order valence-corrected chi connectivity index (χ0v) is 21.2. The first-order valence-corrected chi connectivity index (χ1v) is 13.2. The quantitative estimate of drug-likeness (QED) is 0.447. The van der Waals surface area contributed by atoms with Gasteiger partial charge in [-0.2, -0.15) is 13.2 Å². The number of benzene rings is 2. The van der Waals surface area contributed by atoms with Crippen molar-refractivity contribution in [3.8, 4) is 0 Å². The van der Waals surface area contributed by atoms with Crippen molar-refractivity contribution in [2.75, 3.05) is 0 Å². The van der Waals surface area contributed by atoms with E-state index in [9.17, 15) is 13.2 Å². The summed E-state index contributed by atoms with van der Waals surface area (Å²) in [4.78, 5) is 3.69. The smallest absolute Gasteiger partial charge is 0.361 e. The molecule has 3 aliphatic rings.